The summed E-state index contributed by atoms with van der Waals surface area (Å²) in [6, 6.07) is 3.71. The van der Waals surface area contributed by atoms with Crippen molar-refractivity contribution in [1.29, 1.82) is 0 Å². The molecule has 2 aromatic rings. The first kappa shape index (κ1) is 30.9. The number of alkyl halides is 1. The topological polar surface area (TPSA) is 130 Å². The Morgan fingerprint density at radius 1 is 1.27 bits per heavy atom. The molecule has 0 radical (unpaired) electrons. The van der Waals surface area contributed by atoms with Crippen molar-refractivity contribution in [3.8, 4) is 16.2 Å². The van der Waals surface area contributed by atoms with Crippen molar-refractivity contribution >= 4 is 29.1 Å². The van der Waals surface area contributed by atoms with E-state index < -0.39 is 47.0 Å². The van der Waals surface area contributed by atoms with Gasteiger partial charge in [-0.05, 0) is 36.8 Å². The molecule has 3 N–H and O–H groups in total. The number of benzene rings is 1. The van der Waals surface area contributed by atoms with E-state index in [0.717, 1.165) is 21.7 Å². The zero-order valence-corrected chi connectivity index (χ0v) is 25.0. The molecule has 0 spiro atoms. The lowest BCUT2D eigenvalue weighted by atomic mass is 9.85. The fourth-order valence-corrected chi connectivity index (χ4v) is 5.61. The first-order valence-corrected chi connectivity index (χ1v) is 14.6. The van der Waals surface area contributed by atoms with Crippen LogP contribution in [0.5, 0.6) is 5.75 Å². The maximum absolute atomic E-state index is 14.4. The monoisotopic (exact) mass is 590 g/mol. The van der Waals surface area contributed by atoms with Crippen molar-refractivity contribution in [2.24, 2.45) is 5.41 Å². The van der Waals surface area contributed by atoms with E-state index >= 15 is 0 Å². The van der Waals surface area contributed by atoms with Gasteiger partial charge in [0.15, 0.2) is 5.67 Å². The van der Waals surface area contributed by atoms with Crippen LogP contribution >= 0.6 is 11.3 Å². The molecule has 4 rings (SSSR count). The summed E-state index contributed by atoms with van der Waals surface area (Å²) in [5.74, 6) is -1.20. The lowest BCUT2D eigenvalue weighted by Crippen LogP contribution is -2.59. The number of hydrogen-bond acceptors (Lipinski definition) is 8. The maximum Gasteiger partial charge on any atom is 0.258 e. The average Bonchev–Trinajstić information content (AvgIpc) is 3.33. The number of aryl methyl sites for hydroxylation is 1. The van der Waals surface area contributed by atoms with Crippen molar-refractivity contribution < 1.29 is 33.4 Å². The Bertz CT molecular complexity index is 1270. The lowest BCUT2D eigenvalue weighted by molar-refractivity contribution is -0.145. The highest BCUT2D eigenvalue weighted by atomic mass is 32.1. The molecule has 1 aromatic carbocycles. The first-order chi connectivity index (χ1) is 19.3. The summed E-state index contributed by atoms with van der Waals surface area (Å²) in [5, 5.41) is 15.9. The molecule has 1 saturated heterocycles. The summed E-state index contributed by atoms with van der Waals surface area (Å²) in [6.07, 6.45) is -0.605. The predicted molar refractivity (Wildman–Crippen MR) is 152 cm³/mol. The normalized spacial score (nSPS) is 20.4. The zero-order valence-electron chi connectivity index (χ0n) is 24.2. The Kier molecular flexibility index (Phi) is 9.35. The third-order valence-electron chi connectivity index (χ3n) is 7.42. The Morgan fingerprint density at radius 2 is 2.00 bits per heavy atom. The van der Waals surface area contributed by atoms with Crippen LogP contribution in [0.3, 0.4) is 0 Å². The number of aliphatic hydroxyl groups is 1. The third kappa shape index (κ3) is 7.22. The number of rotatable bonds is 11. The van der Waals surface area contributed by atoms with Gasteiger partial charge in [0.05, 0.1) is 28.8 Å². The highest BCUT2D eigenvalue weighted by molar-refractivity contribution is 7.13. The quantitative estimate of drug-likeness (QED) is 0.343. The number of likely N-dealkylation sites (tertiary alicyclic amines) is 1. The zero-order chi connectivity index (χ0) is 29.9. The number of aromatic nitrogens is 1. The van der Waals surface area contributed by atoms with E-state index in [2.05, 4.69) is 15.6 Å². The number of ether oxygens (including phenoxy) is 2. The van der Waals surface area contributed by atoms with Crippen LogP contribution in [0.25, 0.3) is 10.4 Å². The second-order valence-electron chi connectivity index (χ2n) is 11.8. The van der Waals surface area contributed by atoms with Crippen molar-refractivity contribution in [1.82, 2.24) is 20.5 Å². The van der Waals surface area contributed by atoms with Gasteiger partial charge in [0.25, 0.3) is 5.91 Å². The molecule has 2 fully saturated rings. The average molecular weight is 591 g/mol. The van der Waals surface area contributed by atoms with E-state index in [9.17, 15) is 23.9 Å². The molecule has 2 heterocycles. The molecule has 1 saturated carbocycles. The minimum Gasteiger partial charge on any atom is -0.491 e. The van der Waals surface area contributed by atoms with Crippen LogP contribution in [0.4, 0.5) is 4.39 Å². The van der Waals surface area contributed by atoms with E-state index in [0.29, 0.717) is 19.0 Å². The largest absolute Gasteiger partial charge is 0.491 e. The summed E-state index contributed by atoms with van der Waals surface area (Å²) in [7, 11) is 1.59. The molecule has 3 amide bonds. The summed E-state index contributed by atoms with van der Waals surface area (Å²) >= 11 is 1.53. The van der Waals surface area contributed by atoms with Gasteiger partial charge >= 0.3 is 0 Å². The highest BCUT2D eigenvalue weighted by Crippen LogP contribution is 2.40. The number of carbonyl (C=O) groups is 3. The number of β-amino-alcohol motifs (C(OH)–C–C–N with tert-alkyl or cyclic N) is 1. The minimum atomic E-state index is -1.94. The molecule has 224 valence electrons. The number of hydrogen-bond donors (Lipinski definition) is 3. The van der Waals surface area contributed by atoms with Gasteiger partial charge in [-0.3, -0.25) is 14.4 Å². The van der Waals surface area contributed by atoms with Gasteiger partial charge < -0.3 is 30.1 Å². The molecule has 2 aliphatic rings. The molecule has 1 aromatic heterocycles. The molecular weight excluding hydrogens is 551 g/mol. The number of halogens is 1. The molecule has 1 aliphatic carbocycles. The number of nitrogens with zero attached hydrogens (tertiary/aromatic N) is 2. The standard InChI is InChI=1S/C29H39FN4O6S/c1-17-23(41-16-32-17)18-6-7-19(22(12-18)40-11-10-39-5)14-31-25(36)21-13-20(35)15-34(21)26(37)24(28(2,3)4)33-27(38)29(30)8-9-29/h6-7,12,16,20-21,24,35H,8-11,13-15H2,1-5H3,(H,31,36)(H,33,38)/t20-,21+,24-/m1/s1. The summed E-state index contributed by atoms with van der Waals surface area (Å²) < 4.78 is 25.5. The number of amides is 3. The molecule has 1 aliphatic heterocycles. The molecule has 0 bridgehead atoms. The van der Waals surface area contributed by atoms with E-state index in [1.807, 2.05) is 25.1 Å². The Balaban J connectivity index is 1.49. The van der Waals surface area contributed by atoms with Gasteiger partial charge in [-0.15, -0.1) is 11.3 Å². The number of nitrogens with one attached hydrogen (secondary N) is 2. The molecule has 3 atom stereocenters. The van der Waals surface area contributed by atoms with E-state index in [1.165, 1.54) is 16.2 Å². The fourth-order valence-electron chi connectivity index (χ4n) is 4.81. The van der Waals surface area contributed by atoms with Crippen molar-refractivity contribution in [2.75, 3.05) is 26.9 Å². The van der Waals surface area contributed by atoms with Crippen LogP contribution in [0.2, 0.25) is 0 Å². The van der Waals surface area contributed by atoms with Gasteiger partial charge in [-0.25, -0.2) is 9.37 Å². The number of carbonyl (C=O) groups excluding carboxylic acids is 3. The van der Waals surface area contributed by atoms with Crippen molar-refractivity contribution in [2.45, 2.75) is 77.4 Å². The van der Waals surface area contributed by atoms with Crippen LogP contribution < -0.4 is 15.4 Å². The number of aliphatic hydroxyl groups excluding tert-OH is 1. The minimum absolute atomic E-state index is 0.0518. The van der Waals surface area contributed by atoms with E-state index in [1.54, 1.807) is 33.4 Å². The van der Waals surface area contributed by atoms with Crippen molar-refractivity contribution in [3.05, 3.63) is 35.0 Å². The van der Waals surface area contributed by atoms with Gasteiger partial charge in [-0.2, -0.15) is 0 Å². The fraction of sp³-hybridized carbons (Fsp3) is 0.586. The van der Waals surface area contributed by atoms with Crippen LogP contribution in [0.1, 0.15) is 51.3 Å². The Labute approximate surface area is 243 Å². The van der Waals surface area contributed by atoms with E-state index in [4.69, 9.17) is 9.47 Å². The van der Waals surface area contributed by atoms with Gasteiger partial charge in [0.1, 0.15) is 24.4 Å². The predicted octanol–water partition coefficient (Wildman–Crippen LogP) is 2.75. The van der Waals surface area contributed by atoms with Crippen molar-refractivity contribution in [3.63, 3.8) is 0 Å². The SMILES string of the molecule is COCCOc1cc(-c2scnc2C)ccc1CNC(=O)[C@@H]1C[C@@H](O)CN1C(=O)[C@@H](NC(=O)C1(F)CC1)C(C)(C)C. The smallest absolute Gasteiger partial charge is 0.258 e. The van der Waals surface area contributed by atoms with E-state index in [-0.39, 0.29) is 32.4 Å². The maximum atomic E-state index is 14.4. The van der Waals surface area contributed by atoms with Gasteiger partial charge in [0, 0.05) is 32.2 Å². The highest BCUT2D eigenvalue weighted by Gasteiger charge is 2.53. The molecule has 0 unspecified atom stereocenters. The van der Waals surface area contributed by atoms with Gasteiger partial charge in [0.2, 0.25) is 11.8 Å². The van der Waals surface area contributed by atoms with Crippen LogP contribution in [-0.2, 0) is 25.7 Å². The summed E-state index contributed by atoms with van der Waals surface area (Å²) in [5.41, 5.74) is 1.67. The Hall–Kier alpha value is -3.09. The lowest BCUT2D eigenvalue weighted by Gasteiger charge is -2.35. The first-order valence-electron chi connectivity index (χ1n) is 13.8. The molecule has 10 nitrogen and oxygen atoms in total. The number of thiazole rings is 1. The second-order valence-corrected chi connectivity index (χ2v) is 12.6. The second kappa shape index (κ2) is 12.4. The third-order valence-corrected chi connectivity index (χ3v) is 8.40. The number of methoxy groups -OCH3 is 1. The van der Waals surface area contributed by atoms with Crippen LogP contribution in [-0.4, -0.2) is 83.4 Å². The molecule has 41 heavy (non-hydrogen) atoms. The Morgan fingerprint density at radius 3 is 2.61 bits per heavy atom. The summed E-state index contributed by atoms with van der Waals surface area (Å²) in [6.45, 7) is 8.00. The summed E-state index contributed by atoms with van der Waals surface area (Å²) in [4.78, 5) is 46.1. The van der Waals surface area contributed by atoms with Gasteiger partial charge in [-0.1, -0.05) is 32.9 Å². The van der Waals surface area contributed by atoms with Crippen LogP contribution in [0.15, 0.2) is 23.7 Å². The molecular formula is C29H39FN4O6S. The van der Waals surface area contributed by atoms with Crippen LogP contribution in [0, 0.1) is 12.3 Å². The molecule has 12 heteroatoms.